The predicted molar refractivity (Wildman–Crippen MR) is 87.4 cm³/mol. The maximum Gasteiger partial charge on any atom is 0.247 e. The number of halogens is 1. The van der Waals surface area contributed by atoms with Gasteiger partial charge in [-0.25, -0.2) is 13.9 Å². The van der Waals surface area contributed by atoms with E-state index in [9.17, 15) is 14.0 Å². The number of nitrogens with one attached hydrogen (secondary N) is 2. The van der Waals surface area contributed by atoms with E-state index in [0.717, 1.165) is 0 Å². The largest absolute Gasteiger partial charge is 0.343 e. The van der Waals surface area contributed by atoms with E-state index in [-0.39, 0.29) is 24.1 Å². The van der Waals surface area contributed by atoms with Crippen LogP contribution in [0.3, 0.4) is 0 Å². The van der Waals surface area contributed by atoms with E-state index >= 15 is 0 Å². The Kier molecular flexibility index (Phi) is 3.26. The van der Waals surface area contributed by atoms with Gasteiger partial charge in [-0.15, -0.1) is 0 Å². The third kappa shape index (κ3) is 2.40. The Morgan fingerprint density at radius 2 is 1.96 bits per heavy atom. The minimum Gasteiger partial charge on any atom is -0.343 e. The van der Waals surface area contributed by atoms with Crippen LogP contribution in [0, 0.1) is 5.82 Å². The number of fused-ring (bicyclic) bond motifs is 3. The standard InChI is InChI=1S/C17H13FN4O2/c18-10-5-7-11(8-6-10)19-16(24)13-9-15(23)22-14-4-2-1-3-12(14)20-17(22)21-13/h1-8,13H,9H2,(H,19,24)(H,20,21). The zero-order chi connectivity index (χ0) is 16.7. The highest BCUT2D eigenvalue weighted by atomic mass is 19.1. The molecule has 1 aromatic heterocycles. The van der Waals surface area contributed by atoms with Gasteiger partial charge >= 0.3 is 0 Å². The zero-order valence-electron chi connectivity index (χ0n) is 12.5. The number of amides is 1. The lowest BCUT2D eigenvalue weighted by Gasteiger charge is -2.23. The summed E-state index contributed by atoms with van der Waals surface area (Å²) in [7, 11) is 0. The number of carbonyl (C=O) groups excluding carboxylic acids is 2. The molecule has 0 bridgehead atoms. The molecule has 0 saturated heterocycles. The first-order valence-corrected chi connectivity index (χ1v) is 7.45. The second-order valence-corrected chi connectivity index (χ2v) is 5.55. The summed E-state index contributed by atoms with van der Waals surface area (Å²) in [5.74, 6) is -0.593. The number of imidazole rings is 1. The SMILES string of the molecule is O=C(Nc1ccc(F)cc1)C1CC(=O)n2c(nc3ccccc32)N1. The number of hydrogen-bond acceptors (Lipinski definition) is 4. The second-order valence-electron chi connectivity index (χ2n) is 5.55. The van der Waals surface area contributed by atoms with Gasteiger partial charge in [0.05, 0.1) is 17.5 Å². The molecule has 1 aliphatic heterocycles. The molecule has 2 aromatic carbocycles. The average Bonchev–Trinajstić information content (AvgIpc) is 2.95. The third-order valence-electron chi connectivity index (χ3n) is 3.92. The van der Waals surface area contributed by atoms with Crippen molar-refractivity contribution in [2.75, 3.05) is 10.6 Å². The lowest BCUT2D eigenvalue weighted by atomic mass is 10.1. The zero-order valence-corrected chi connectivity index (χ0v) is 12.5. The molecule has 6 nitrogen and oxygen atoms in total. The Labute approximate surface area is 136 Å². The summed E-state index contributed by atoms with van der Waals surface area (Å²) in [6.07, 6.45) is 0.0143. The van der Waals surface area contributed by atoms with Crippen LogP contribution in [-0.2, 0) is 4.79 Å². The van der Waals surface area contributed by atoms with Crippen LogP contribution in [0.25, 0.3) is 11.0 Å². The molecule has 0 radical (unpaired) electrons. The van der Waals surface area contributed by atoms with Crippen LogP contribution in [-0.4, -0.2) is 27.4 Å². The number of aromatic nitrogens is 2. The van der Waals surface area contributed by atoms with Gasteiger partial charge in [-0.05, 0) is 36.4 Å². The van der Waals surface area contributed by atoms with Gasteiger partial charge in [-0.1, -0.05) is 12.1 Å². The number of benzene rings is 2. The van der Waals surface area contributed by atoms with Crippen molar-refractivity contribution in [1.29, 1.82) is 0 Å². The number of hydrogen-bond donors (Lipinski definition) is 2. The Balaban J connectivity index is 1.59. The van der Waals surface area contributed by atoms with Crippen molar-refractivity contribution in [3.63, 3.8) is 0 Å². The summed E-state index contributed by atoms with van der Waals surface area (Å²) < 4.78 is 14.4. The molecule has 2 heterocycles. The lowest BCUT2D eigenvalue weighted by molar-refractivity contribution is -0.117. The van der Waals surface area contributed by atoms with Crippen LogP contribution in [0.15, 0.2) is 48.5 Å². The van der Waals surface area contributed by atoms with E-state index in [0.29, 0.717) is 22.7 Å². The molecule has 7 heteroatoms. The first-order chi connectivity index (χ1) is 11.6. The predicted octanol–water partition coefficient (Wildman–Crippen LogP) is 2.64. The first-order valence-electron chi connectivity index (χ1n) is 7.45. The molecule has 1 aliphatic rings. The molecule has 2 N–H and O–H groups in total. The molecule has 1 unspecified atom stereocenters. The van der Waals surface area contributed by atoms with Gasteiger partial charge < -0.3 is 10.6 Å². The monoisotopic (exact) mass is 324 g/mol. The van der Waals surface area contributed by atoms with E-state index in [1.165, 1.54) is 28.8 Å². The fourth-order valence-corrected chi connectivity index (χ4v) is 2.77. The maximum atomic E-state index is 12.9. The number of para-hydroxylation sites is 2. The topological polar surface area (TPSA) is 76.0 Å². The highest BCUT2D eigenvalue weighted by Gasteiger charge is 2.31. The molecule has 24 heavy (non-hydrogen) atoms. The quantitative estimate of drug-likeness (QED) is 0.760. The first kappa shape index (κ1) is 14.4. The molecule has 120 valence electrons. The summed E-state index contributed by atoms with van der Waals surface area (Å²) in [5.41, 5.74) is 1.87. The highest BCUT2D eigenvalue weighted by molar-refractivity contribution is 6.04. The Hall–Kier alpha value is -3.22. The van der Waals surface area contributed by atoms with Crippen molar-refractivity contribution in [1.82, 2.24) is 9.55 Å². The molecule has 0 saturated carbocycles. The van der Waals surface area contributed by atoms with Crippen molar-refractivity contribution < 1.29 is 14.0 Å². The Morgan fingerprint density at radius 1 is 1.21 bits per heavy atom. The molecule has 1 amide bonds. The Bertz CT molecular complexity index is 949. The summed E-state index contributed by atoms with van der Waals surface area (Å²) in [6.45, 7) is 0. The molecule has 0 spiro atoms. The summed E-state index contributed by atoms with van der Waals surface area (Å²) in [6, 6.07) is 12.0. The molecule has 0 fully saturated rings. The van der Waals surface area contributed by atoms with Gasteiger partial charge in [-0.2, -0.15) is 0 Å². The van der Waals surface area contributed by atoms with Crippen molar-refractivity contribution in [2.24, 2.45) is 0 Å². The Morgan fingerprint density at radius 3 is 2.75 bits per heavy atom. The molecule has 3 aromatic rings. The van der Waals surface area contributed by atoms with E-state index < -0.39 is 6.04 Å². The van der Waals surface area contributed by atoms with E-state index in [1.54, 1.807) is 0 Å². The van der Waals surface area contributed by atoms with Crippen molar-refractivity contribution in [3.05, 3.63) is 54.3 Å². The van der Waals surface area contributed by atoms with Crippen LogP contribution >= 0.6 is 0 Å². The van der Waals surface area contributed by atoms with E-state index in [2.05, 4.69) is 15.6 Å². The minimum absolute atomic E-state index is 0.0143. The number of rotatable bonds is 2. The van der Waals surface area contributed by atoms with Gasteiger partial charge in [0.25, 0.3) is 0 Å². The van der Waals surface area contributed by atoms with Crippen LogP contribution < -0.4 is 10.6 Å². The third-order valence-corrected chi connectivity index (χ3v) is 3.92. The molecule has 0 aliphatic carbocycles. The normalized spacial score (nSPS) is 16.5. The number of carbonyl (C=O) groups is 2. The fourth-order valence-electron chi connectivity index (χ4n) is 2.77. The van der Waals surface area contributed by atoms with E-state index in [1.807, 2.05) is 24.3 Å². The van der Waals surface area contributed by atoms with Gasteiger partial charge in [0.15, 0.2) is 0 Å². The summed E-state index contributed by atoms with van der Waals surface area (Å²) >= 11 is 0. The fraction of sp³-hybridized carbons (Fsp3) is 0.118. The summed E-state index contributed by atoms with van der Waals surface area (Å²) in [5, 5.41) is 5.66. The van der Waals surface area contributed by atoms with Gasteiger partial charge in [0, 0.05) is 5.69 Å². The van der Waals surface area contributed by atoms with Crippen LogP contribution in [0.4, 0.5) is 16.0 Å². The second kappa shape index (κ2) is 5.45. The molecular weight excluding hydrogens is 311 g/mol. The van der Waals surface area contributed by atoms with Crippen LogP contribution in [0.2, 0.25) is 0 Å². The average molecular weight is 324 g/mol. The smallest absolute Gasteiger partial charge is 0.247 e. The number of anilines is 2. The van der Waals surface area contributed by atoms with Crippen molar-refractivity contribution in [3.8, 4) is 0 Å². The minimum atomic E-state index is -0.730. The molecular formula is C17H13FN4O2. The maximum absolute atomic E-state index is 12.9. The van der Waals surface area contributed by atoms with Gasteiger partial charge in [0.2, 0.25) is 17.8 Å². The van der Waals surface area contributed by atoms with Crippen LogP contribution in [0.1, 0.15) is 11.2 Å². The van der Waals surface area contributed by atoms with Crippen molar-refractivity contribution in [2.45, 2.75) is 12.5 Å². The lowest BCUT2D eigenvalue weighted by Crippen LogP contribution is -2.42. The van der Waals surface area contributed by atoms with Crippen molar-refractivity contribution >= 4 is 34.5 Å². The molecule has 1 atom stereocenters. The van der Waals surface area contributed by atoms with Gasteiger partial charge in [-0.3, -0.25) is 9.59 Å². The molecule has 4 rings (SSSR count). The summed E-state index contributed by atoms with van der Waals surface area (Å²) in [4.78, 5) is 29.1. The van der Waals surface area contributed by atoms with Crippen LogP contribution in [0.5, 0.6) is 0 Å². The number of nitrogens with zero attached hydrogens (tertiary/aromatic N) is 2. The van der Waals surface area contributed by atoms with E-state index in [4.69, 9.17) is 0 Å². The highest BCUT2D eigenvalue weighted by Crippen LogP contribution is 2.25. The van der Waals surface area contributed by atoms with Gasteiger partial charge in [0.1, 0.15) is 11.9 Å².